The first-order valence-electron chi connectivity index (χ1n) is 6.08. The van der Waals surface area contributed by atoms with Gasteiger partial charge >= 0.3 is 0 Å². The Hall–Kier alpha value is -1.09. The van der Waals surface area contributed by atoms with Crippen LogP contribution in [0.4, 0.5) is 5.69 Å². The van der Waals surface area contributed by atoms with E-state index >= 15 is 0 Å². The lowest BCUT2D eigenvalue weighted by Crippen LogP contribution is -2.30. The summed E-state index contributed by atoms with van der Waals surface area (Å²) in [6.07, 6.45) is 2.85. The van der Waals surface area contributed by atoms with Gasteiger partial charge in [0.1, 0.15) is 0 Å². The third-order valence-electron chi connectivity index (χ3n) is 2.89. The van der Waals surface area contributed by atoms with Crippen LogP contribution in [-0.2, 0) is 0 Å². The van der Waals surface area contributed by atoms with Crippen LogP contribution in [0.3, 0.4) is 0 Å². The molecule has 0 aliphatic rings. The molecule has 0 unspecified atom stereocenters. The molecule has 0 fully saturated rings. The number of hydrogen-bond acceptors (Lipinski definition) is 3. The van der Waals surface area contributed by atoms with Crippen LogP contribution in [0.25, 0.3) is 0 Å². The molecule has 0 aliphatic carbocycles. The smallest absolute Gasteiger partial charge is 0.0572 e. The fraction of sp³-hybridized carbons (Fsp3) is 0.615. The van der Waals surface area contributed by atoms with Gasteiger partial charge < -0.3 is 10.6 Å². The molecule has 1 rings (SSSR count). The van der Waals surface area contributed by atoms with Crippen molar-refractivity contribution in [2.45, 2.75) is 46.2 Å². The van der Waals surface area contributed by atoms with Crippen LogP contribution in [-0.4, -0.2) is 17.6 Å². The van der Waals surface area contributed by atoms with E-state index in [4.69, 9.17) is 5.73 Å². The Labute approximate surface area is 98.7 Å². The van der Waals surface area contributed by atoms with E-state index in [2.05, 4.69) is 43.6 Å². The van der Waals surface area contributed by atoms with Gasteiger partial charge in [-0.15, -0.1) is 0 Å². The molecule has 16 heavy (non-hydrogen) atoms. The standard InChI is InChI=1S/C13H23N3/c1-5-12(14)13-8-7-11(9-15-13)16(6-2)10(3)4/h7-10,12H,5-6,14H2,1-4H3/t12-/m1/s1. The maximum absolute atomic E-state index is 5.94. The summed E-state index contributed by atoms with van der Waals surface area (Å²) in [5.74, 6) is 0. The summed E-state index contributed by atoms with van der Waals surface area (Å²) in [7, 11) is 0. The molecule has 1 aromatic rings. The number of nitrogens with zero attached hydrogens (tertiary/aromatic N) is 2. The largest absolute Gasteiger partial charge is 0.368 e. The number of aromatic nitrogens is 1. The summed E-state index contributed by atoms with van der Waals surface area (Å²) >= 11 is 0. The number of anilines is 1. The molecule has 0 bridgehead atoms. The maximum atomic E-state index is 5.94. The molecule has 0 spiro atoms. The zero-order chi connectivity index (χ0) is 12.1. The Kier molecular flexibility index (Phi) is 4.74. The van der Waals surface area contributed by atoms with Crippen molar-refractivity contribution in [2.24, 2.45) is 5.73 Å². The van der Waals surface area contributed by atoms with Crippen molar-refractivity contribution in [1.82, 2.24) is 4.98 Å². The summed E-state index contributed by atoms with van der Waals surface area (Å²) in [4.78, 5) is 6.75. The third kappa shape index (κ3) is 2.95. The molecule has 0 aliphatic heterocycles. The third-order valence-corrected chi connectivity index (χ3v) is 2.89. The minimum absolute atomic E-state index is 0.0585. The van der Waals surface area contributed by atoms with Gasteiger partial charge in [-0.3, -0.25) is 4.98 Å². The van der Waals surface area contributed by atoms with E-state index in [1.54, 1.807) is 0 Å². The molecule has 0 saturated heterocycles. The predicted octanol–water partition coefficient (Wildman–Crippen LogP) is 2.73. The van der Waals surface area contributed by atoms with Gasteiger partial charge in [-0.1, -0.05) is 6.92 Å². The summed E-state index contributed by atoms with van der Waals surface area (Å²) in [6.45, 7) is 9.61. The number of hydrogen-bond donors (Lipinski definition) is 1. The van der Waals surface area contributed by atoms with E-state index < -0.39 is 0 Å². The van der Waals surface area contributed by atoms with Gasteiger partial charge in [-0.25, -0.2) is 0 Å². The summed E-state index contributed by atoms with van der Waals surface area (Å²) < 4.78 is 0. The molecule has 2 N–H and O–H groups in total. The Balaban J connectivity index is 2.85. The van der Waals surface area contributed by atoms with E-state index in [0.717, 1.165) is 18.7 Å². The zero-order valence-corrected chi connectivity index (χ0v) is 10.8. The van der Waals surface area contributed by atoms with Gasteiger partial charge in [0.2, 0.25) is 0 Å². The lowest BCUT2D eigenvalue weighted by Gasteiger charge is -2.27. The quantitative estimate of drug-likeness (QED) is 0.831. The summed E-state index contributed by atoms with van der Waals surface area (Å²) in [5.41, 5.74) is 8.09. The van der Waals surface area contributed by atoms with Gasteiger partial charge in [0.05, 0.1) is 17.6 Å². The van der Waals surface area contributed by atoms with Crippen molar-refractivity contribution in [2.75, 3.05) is 11.4 Å². The Morgan fingerprint density at radius 3 is 2.38 bits per heavy atom. The zero-order valence-electron chi connectivity index (χ0n) is 10.8. The van der Waals surface area contributed by atoms with Crippen molar-refractivity contribution in [3.8, 4) is 0 Å². The van der Waals surface area contributed by atoms with Crippen LogP contribution >= 0.6 is 0 Å². The van der Waals surface area contributed by atoms with Crippen molar-refractivity contribution in [1.29, 1.82) is 0 Å². The highest BCUT2D eigenvalue weighted by Crippen LogP contribution is 2.18. The van der Waals surface area contributed by atoms with Gasteiger partial charge in [0, 0.05) is 18.6 Å². The van der Waals surface area contributed by atoms with Gasteiger partial charge in [-0.2, -0.15) is 0 Å². The number of nitrogens with two attached hydrogens (primary N) is 1. The molecular formula is C13H23N3. The van der Waals surface area contributed by atoms with Crippen LogP contribution in [0, 0.1) is 0 Å². The molecule has 90 valence electrons. The highest BCUT2D eigenvalue weighted by Gasteiger charge is 2.10. The Morgan fingerprint density at radius 1 is 1.31 bits per heavy atom. The van der Waals surface area contributed by atoms with E-state index in [0.29, 0.717) is 6.04 Å². The fourth-order valence-corrected chi connectivity index (χ4v) is 1.84. The fourth-order valence-electron chi connectivity index (χ4n) is 1.84. The summed E-state index contributed by atoms with van der Waals surface area (Å²) in [5, 5.41) is 0. The normalized spacial score (nSPS) is 12.9. The molecule has 0 radical (unpaired) electrons. The number of rotatable bonds is 5. The van der Waals surface area contributed by atoms with Crippen molar-refractivity contribution >= 4 is 5.69 Å². The minimum atomic E-state index is 0.0585. The molecule has 1 aromatic heterocycles. The van der Waals surface area contributed by atoms with Crippen LogP contribution in [0.2, 0.25) is 0 Å². The lowest BCUT2D eigenvalue weighted by molar-refractivity contribution is 0.670. The van der Waals surface area contributed by atoms with Crippen LogP contribution in [0.5, 0.6) is 0 Å². The van der Waals surface area contributed by atoms with E-state index in [1.807, 2.05) is 12.3 Å². The number of pyridine rings is 1. The second kappa shape index (κ2) is 5.85. The molecular weight excluding hydrogens is 198 g/mol. The SMILES string of the molecule is CC[C@@H](N)c1ccc(N(CC)C(C)C)cn1. The highest BCUT2D eigenvalue weighted by atomic mass is 15.1. The molecule has 0 amide bonds. The van der Waals surface area contributed by atoms with Crippen LogP contribution < -0.4 is 10.6 Å². The maximum Gasteiger partial charge on any atom is 0.0572 e. The van der Waals surface area contributed by atoms with Crippen molar-refractivity contribution in [3.05, 3.63) is 24.0 Å². The average Bonchev–Trinajstić information content (AvgIpc) is 2.29. The predicted molar refractivity (Wildman–Crippen MR) is 69.6 cm³/mol. The van der Waals surface area contributed by atoms with E-state index in [9.17, 15) is 0 Å². The Morgan fingerprint density at radius 2 is 2.00 bits per heavy atom. The van der Waals surface area contributed by atoms with Gasteiger partial charge in [0.25, 0.3) is 0 Å². The molecule has 1 atom stereocenters. The minimum Gasteiger partial charge on any atom is -0.368 e. The van der Waals surface area contributed by atoms with E-state index in [-0.39, 0.29) is 6.04 Å². The first kappa shape index (κ1) is 13.0. The average molecular weight is 221 g/mol. The van der Waals surface area contributed by atoms with Crippen molar-refractivity contribution in [3.63, 3.8) is 0 Å². The monoisotopic (exact) mass is 221 g/mol. The van der Waals surface area contributed by atoms with Crippen molar-refractivity contribution < 1.29 is 0 Å². The molecule has 3 nitrogen and oxygen atoms in total. The topological polar surface area (TPSA) is 42.1 Å². The van der Waals surface area contributed by atoms with E-state index in [1.165, 1.54) is 5.69 Å². The molecule has 1 heterocycles. The lowest BCUT2D eigenvalue weighted by atomic mass is 10.1. The first-order valence-corrected chi connectivity index (χ1v) is 6.08. The molecule has 0 aromatic carbocycles. The van der Waals surface area contributed by atoms with Crippen LogP contribution in [0.1, 0.15) is 45.9 Å². The highest BCUT2D eigenvalue weighted by molar-refractivity contribution is 5.45. The first-order chi connectivity index (χ1) is 7.60. The molecule has 3 heteroatoms. The summed E-state index contributed by atoms with van der Waals surface area (Å²) in [6, 6.07) is 4.70. The second-order valence-corrected chi connectivity index (χ2v) is 4.34. The second-order valence-electron chi connectivity index (χ2n) is 4.34. The molecule has 0 saturated carbocycles. The Bertz CT molecular complexity index is 305. The van der Waals surface area contributed by atoms with Crippen LogP contribution in [0.15, 0.2) is 18.3 Å². The van der Waals surface area contributed by atoms with Gasteiger partial charge in [0.15, 0.2) is 0 Å². The van der Waals surface area contributed by atoms with Gasteiger partial charge in [-0.05, 0) is 39.3 Å².